The molecule has 2 heterocycles. The smallest absolute Gasteiger partial charge is 0.0957 e. The Hall–Kier alpha value is -0.450. The molecule has 0 bridgehead atoms. The zero-order chi connectivity index (χ0) is 12.3. The van der Waals surface area contributed by atoms with E-state index in [1.165, 1.54) is 28.4 Å². The van der Waals surface area contributed by atoms with Crippen molar-refractivity contribution in [3.63, 3.8) is 0 Å². The van der Waals surface area contributed by atoms with Crippen molar-refractivity contribution >= 4 is 11.3 Å². The van der Waals surface area contributed by atoms with E-state index in [1.54, 1.807) is 11.3 Å². The van der Waals surface area contributed by atoms with Gasteiger partial charge in [-0.2, -0.15) is 0 Å². The normalized spacial score (nSPS) is 20.4. The minimum absolute atomic E-state index is 0.388. The monoisotopic (exact) mass is 254 g/mol. The van der Waals surface area contributed by atoms with Crippen LogP contribution in [0.2, 0.25) is 0 Å². The van der Waals surface area contributed by atoms with Gasteiger partial charge < -0.3 is 10.5 Å². The summed E-state index contributed by atoms with van der Waals surface area (Å²) in [6.45, 7) is 5.97. The third-order valence-electron chi connectivity index (χ3n) is 3.04. The third-order valence-corrected chi connectivity index (χ3v) is 4.18. The van der Waals surface area contributed by atoms with Crippen LogP contribution in [-0.4, -0.2) is 17.7 Å². The maximum Gasteiger partial charge on any atom is 0.0957 e. The van der Waals surface area contributed by atoms with Crippen molar-refractivity contribution in [2.75, 3.05) is 6.61 Å². The summed E-state index contributed by atoms with van der Waals surface area (Å²) in [6.07, 6.45) is 4.76. The molecule has 3 nitrogen and oxygen atoms in total. The quantitative estimate of drug-likeness (QED) is 0.878. The molecule has 0 amide bonds. The second kappa shape index (κ2) is 5.94. The van der Waals surface area contributed by atoms with Crippen molar-refractivity contribution < 1.29 is 4.74 Å². The molecule has 0 saturated carbocycles. The van der Waals surface area contributed by atoms with Crippen LogP contribution in [0.3, 0.4) is 0 Å². The molecule has 2 rings (SSSR count). The van der Waals surface area contributed by atoms with Gasteiger partial charge in [0, 0.05) is 24.4 Å². The Bertz CT molecular complexity index is 356. The molecule has 0 radical (unpaired) electrons. The van der Waals surface area contributed by atoms with Crippen molar-refractivity contribution in [2.24, 2.45) is 11.7 Å². The number of thiazole rings is 1. The molecule has 17 heavy (non-hydrogen) atoms. The van der Waals surface area contributed by atoms with Gasteiger partial charge in [-0.05, 0) is 25.2 Å². The van der Waals surface area contributed by atoms with Crippen molar-refractivity contribution in [2.45, 2.75) is 52.2 Å². The van der Waals surface area contributed by atoms with Crippen LogP contribution in [0.5, 0.6) is 0 Å². The summed E-state index contributed by atoms with van der Waals surface area (Å²) in [6, 6.07) is 0. The Morgan fingerprint density at radius 3 is 2.94 bits per heavy atom. The lowest BCUT2D eigenvalue weighted by Gasteiger charge is -2.05. The lowest BCUT2D eigenvalue weighted by Crippen LogP contribution is -2.08. The maximum atomic E-state index is 5.79. The minimum atomic E-state index is 0.388. The number of ether oxygens (including phenoxy) is 1. The Morgan fingerprint density at radius 2 is 2.35 bits per heavy atom. The van der Waals surface area contributed by atoms with Crippen LogP contribution in [0.1, 0.15) is 42.3 Å². The minimum Gasteiger partial charge on any atom is -0.378 e. The molecule has 0 aromatic carbocycles. The zero-order valence-corrected chi connectivity index (χ0v) is 11.6. The van der Waals surface area contributed by atoms with Gasteiger partial charge in [-0.25, -0.2) is 4.98 Å². The van der Waals surface area contributed by atoms with E-state index in [4.69, 9.17) is 15.5 Å². The van der Waals surface area contributed by atoms with Crippen LogP contribution in [-0.2, 0) is 24.1 Å². The lowest BCUT2D eigenvalue weighted by atomic mass is 10.1. The van der Waals surface area contributed by atoms with E-state index in [9.17, 15) is 0 Å². The van der Waals surface area contributed by atoms with E-state index >= 15 is 0 Å². The average Bonchev–Trinajstić information content (AvgIpc) is 2.88. The predicted molar refractivity (Wildman–Crippen MR) is 71.2 cm³/mol. The highest BCUT2D eigenvalue weighted by Gasteiger charge is 2.19. The number of nitrogens with two attached hydrogens (primary N) is 1. The molecule has 96 valence electrons. The molecule has 1 aromatic rings. The Labute approximate surface area is 107 Å². The van der Waals surface area contributed by atoms with E-state index in [-0.39, 0.29) is 0 Å². The van der Waals surface area contributed by atoms with Gasteiger partial charge in [0.15, 0.2) is 0 Å². The standard InChI is InChI=1S/C13H22N2OS/c1-9(2)6-11-12(8-14)17-13(15-11)7-10-4-3-5-16-10/h9-10H,3-8,14H2,1-2H3. The first-order valence-corrected chi connectivity index (χ1v) is 7.29. The van der Waals surface area contributed by atoms with Crippen molar-refractivity contribution in [3.05, 3.63) is 15.6 Å². The van der Waals surface area contributed by atoms with Gasteiger partial charge in [-0.15, -0.1) is 11.3 Å². The third kappa shape index (κ3) is 3.50. The van der Waals surface area contributed by atoms with E-state index in [1.807, 2.05) is 0 Å². The molecule has 1 saturated heterocycles. The van der Waals surface area contributed by atoms with E-state index in [0.717, 1.165) is 19.4 Å². The number of rotatable bonds is 5. The highest BCUT2D eigenvalue weighted by atomic mass is 32.1. The Balaban J connectivity index is 2.04. The highest BCUT2D eigenvalue weighted by Crippen LogP contribution is 2.24. The van der Waals surface area contributed by atoms with Gasteiger partial charge >= 0.3 is 0 Å². The molecule has 1 aliphatic rings. The molecule has 0 spiro atoms. The first kappa shape index (κ1) is 13.0. The number of aromatic nitrogens is 1. The first-order valence-electron chi connectivity index (χ1n) is 6.48. The summed E-state index contributed by atoms with van der Waals surface area (Å²) < 4.78 is 5.66. The molecule has 4 heteroatoms. The molecule has 1 aromatic heterocycles. The van der Waals surface area contributed by atoms with Crippen molar-refractivity contribution in [1.29, 1.82) is 0 Å². The molecular formula is C13H22N2OS. The van der Waals surface area contributed by atoms with E-state index in [0.29, 0.717) is 18.6 Å². The van der Waals surface area contributed by atoms with Crippen LogP contribution in [0.4, 0.5) is 0 Å². The molecule has 1 aliphatic heterocycles. The number of hydrogen-bond donors (Lipinski definition) is 1. The fraction of sp³-hybridized carbons (Fsp3) is 0.769. The predicted octanol–water partition coefficient (Wildman–Crippen LogP) is 2.52. The fourth-order valence-electron chi connectivity index (χ4n) is 2.23. The molecule has 1 fully saturated rings. The summed E-state index contributed by atoms with van der Waals surface area (Å²) in [4.78, 5) is 6.00. The second-order valence-electron chi connectivity index (χ2n) is 5.12. The fourth-order valence-corrected chi connectivity index (χ4v) is 3.27. The first-order chi connectivity index (χ1) is 8.19. The van der Waals surface area contributed by atoms with E-state index < -0.39 is 0 Å². The lowest BCUT2D eigenvalue weighted by molar-refractivity contribution is 0.111. The Kier molecular flexibility index (Phi) is 4.54. The summed E-state index contributed by atoms with van der Waals surface area (Å²) in [5.41, 5.74) is 7.00. The summed E-state index contributed by atoms with van der Waals surface area (Å²) >= 11 is 1.77. The van der Waals surface area contributed by atoms with Gasteiger partial charge in [0.05, 0.1) is 16.8 Å². The van der Waals surface area contributed by atoms with Crippen LogP contribution in [0, 0.1) is 5.92 Å². The average molecular weight is 254 g/mol. The SMILES string of the molecule is CC(C)Cc1nc(CC2CCCO2)sc1CN. The van der Waals surface area contributed by atoms with Gasteiger partial charge in [-0.3, -0.25) is 0 Å². The molecular weight excluding hydrogens is 232 g/mol. The van der Waals surface area contributed by atoms with E-state index in [2.05, 4.69) is 13.8 Å². The molecule has 0 aliphatic carbocycles. The van der Waals surface area contributed by atoms with Crippen molar-refractivity contribution in [1.82, 2.24) is 4.98 Å². The highest BCUT2D eigenvalue weighted by molar-refractivity contribution is 7.11. The van der Waals surface area contributed by atoms with Crippen molar-refractivity contribution in [3.8, 4) is 0 Å². The van der Waals surface area contributed by atoms with Gasteiger partial charge in [0.2, 0.25) is 0 Å². The van der Waals surface area contributed by atoms with Gasteiger partial charge in [-0.1, -0.05) is 13.8 Å². The van der Waals surface area contributed by atoms with Crippen LogP contribution in [0.15, 0.2) is 0 Å². The topological polar surface area (TPSA) is 48.1 Å². The zero-order valence-electron chi connectivity index (χ0n) is 10.7. The summed E-state index contributed by atoms with van der Waals surface area (Å²) in [7, 11) is 0. The Morgan fingerprint density at radius 1 is 1.53 bits per heavy atom. The number of nitrogens with zero attached hydrogens (tertiary/aromatic N) is 1. The van der Waals surface area contributed by atoms with Gasteiger partial charge in [0.25, 0.3) is 0 Å². The molecule has 2 N–H and O–H groups in total. The largest absolute Gasteiger partial charge is 0.378 e. The number of hydrogen-bond acceptors (Lipinski definition) is 4. The summed E-state index contributed by atoms with van der Waals surface area (Å²) in [5, 5.41) is 1.20. The van der Waals surface area contributed by atoms with Crippen LogP contribution < -0.4 is 5.73 Å². The van der Waals surface area contributed by atoms with Crippen LogP contribution >= 0.6 is 11.3 Å². The maximum absolute atomic E-state index is 5.79. The molecule has 1 atom stereocenters. The van der Waals surface area contributed by atoms with Crippen LogP contribution in [0.25, 0.3) is 0 Å². The van der Waals surface area contributed by atoms with Gasteiger partial charge in [0.1, 0.15) is 0 Å². The summed E-state index contributed by atoms with van der Waals surface area (Å²) in [5.74, 6) is 0.637. The molecule has 1 unspecified atom stereocenters. The second-order valence-corrected chi connectivity index (χ2v) is 6.29.